The van der Waals surface area contributed by atoms with Gasteiger partial charge in [-0.3, -0.25) is 9.36 Å². The van der Waals surface area contributed by atoms with Gasteiger partial charge in [-0.1, -0.05) is 30.0 Å². The molecule has 1 aromatic carbocycles. The van der Waals surface area contributed by atoms with E-state index < -0.39 is 0 Å². The zero-order valence-electron chi connectivity index (χ0n) is 16.9. The van der Waals surface area contributed by atoms with Crippen molar-refractivity contribution in [3.63, 3.8) is 0 Å². The summed E-state index contributed by atoms with van der Waals surface area (Å²) in [6.07, 6.45) is 1.62. The van der Waals surface area contributed by atoms with Crippen LogP contribution in [-0.4, -0.2) is 43.4 Å². The number of hydrogen-bond acceptors (Lipinski definition) is 5. The van der Waals surface area contributed by atoms with E-state index in [0.717, 1.165) is 11.3 Å². The van der Waals surface area contributed by atoms with Gasteiger partial charge >= 0.3 is 0 Å². The zero-order chi connectivity index (χ0) is 20.3. The van der Waals surface area contributed by atoms with Gasteiger partial charge in [0.25, 0.3) is 0 Å². The molecule has 28 heavy (non-hydrogen) atoms. The van der Waals surface area contributed by atoms with Gasteiger partial charge in [0.15, 0.2) is 10.9 Å². The first-order chi connectivity index (χ1) is 13.4. The second-order valence-corrected chi connectivity index (χ2v) is 8.13. The summed E-state index contributed by atoms with van der Waals surface area (Å²) in [5.41, 5.74) is 2.06. The van der Waals surface area contributed by atoms with E-state index >= 15 is 0 Å². The second kappa shape index (κ2) is 8.65. The van der Waals surface area contributed by atoms with Crippen LogP contribution in [0.3, 0.4) is 0 Å². The van der Waals surface area contributed by atoms with Gasteiger partial charge in [0, 0.05) is 12.1 Å². The van der Waals surface area contributed by atoms with Crippen LogP contribution in [0.1, 0.15) is 33.3 Å². The minimum atomic E-state index is 0.0916. The van der Waals surface area contributed by atoms with Crippen LogP contribution in [-0.2, 0) is 4.79 Å². The van der Waals surface area contributed by atoms with Gasteiger partial charge in [-0.2, -0.15) is 0 Å². The predicted octanol–water partition coefficient (Wildman–Crippen LogP) is 4.57. The third-order valence-corrected chi connectivity index (χ3v) is 5.37. The van der Waals surface area contributed by atoms with E-state index in [4.69, 9.17) is 4.42 Å². The highest BCUT2D eigenvalue weighted by Crippen LogP contribution is 2.30. The van der Waals surface area contributed by atoms with Gasteiger partial charge in [-0.05, 0) is 58.4 Å². The molecule has 0 bridgehead atoms. The van der Waals surface area contributed by atoms with Crippen molar-refractivity contribution in [2.24, 2.45) is 0 Å². The highest BCUT2D eigenvalue weighted by molar-refractivity contribution is 7.99. The topological polar surface area (TPSA) is 64.2 Å². The maximum atomic E-state index is 12.8. The molecular formula is C21H26N4O2S. The van der Waals surface area contributed by atoms with Gasteiger partial charge in [-0.25, -0.2) is 0 Å². The van der Waals surface area contributed by atoms with Crippen LogP contribution in [0.15, 0.2) is 52.2 Å². The van der Waals surface area contributed by atoms with Crippen LogP contribution >= 0.6 is 11.8 Å². The van der Waals surface area contributed by atoms with Crippen molar-refractivity contribution in [1.82, 2.24) is 19.7 Å². The van der Waals surface area contributed by atoms with Gasteiger partial charge < -0.3 is 9.32 Å². The first-order valence-electron chi connectivity index (χ1n) is 9.39. The number of carbonyl (C=O) groups excluding carboxylic acids is 1. The molecule has 3 aromatic rings. The molecule has 0 radical (unpaired) electrons. The molecule has 6 nitrogen and oxygen atoms in total. The number of para-hydroxylation sites is 1. The molecule has 0 fully saturated rings. The van der Waals surface area contributed by atoms with Crippen molar-refractivity contribution in [3.8, 4) is 17.3 Å². The van der Waals surface area contributed by atoms with Crippen molar-refractivity contribution in [2.45, 2.75) is 51.9 Å². The summed E-state index contributed by atoms with van der Waals surface area (Å²) in [4.78, 5) is 14.7. The Morgan fingerprint density at radius 3 is 2.43 bits per heavy atom. The number of carbonyl (C=O) groups is 1. The standard InChI is InChI=1S/C21H26N4O2S/c1-14(2)24(15(3)4)19(26)13-28-21-23-22-20(18-11-8-12-27-18)25(21)17-10-7-6-9-16(17)5/h6-12,14-15H,13H2,1-5H3. The van der Waals surface area contributed by atoms with Crippen LogP contribution in [0.5, 0.6) is 0 Å². The average molecular weight is 399 g/mol. The maximum absolute atomic E-state index is 12.8. The Labute approximate surface area is 169 Å². The molecule has 2 heterocycles. The fourth-order valence-corrected chi connectivity index (χ4v) is 4.15. The van der Waals surface area contributed by atoms with E-state index in [2.05, 4.69) is 10.2 Å². The highest BCUT2D eigenvalue weighted by atomic mass is 32.2. The third kappa shape index (κ3) is 4.14. The molecule has 7 heteroatoms. The fraction of sp³-hybridized carbons (Fsp3) is 0.381. The largest absolute Gasteiger partial charge is 0.461 e. The predicted molar refractivity (Wildman–Crippen MR) is 112 cm³/mol. The molecule has 0 saturated heterocycles. The third-order valence-electron chi connectivity index (χ3n) is 4.46. The molecular weight excluding hydrogens is 372 g/mol. The Balaban J connectivity index is 1.94. The van der Waals surface area contributed by atoms with E-state index in [1.165, 1.54) is 11.8 Å². The van der Waals surface area contributed by atoms with E-state index in [1.54, 1.807) is 6.26 Å². The van der Waals surface area contributed by atoms with Gasteiger partial charge in [-0.15, -0.1) is 10.2 Å². The number of nitrogens with zero attached hydrogens (tertiary/aromatic N) is 4. The number of hydrogen-bond donors (Lipinski definition) is 0. The summed E-state index contributed by atoms with van der Waals surface area (Å²) in [6, 6.07) is 12.0. The number of benzene rings is 1. The normalized spacial score (nSPS) is 11.4. The van der Waals surface area contributed by atoms with Crippen molar-refractivity contribution < 1.29 is 9.21 Å². The van der Waals surface area contributed by atoms with Crippen LogP contribution in [0.4, 0.5) is 0 Å². The van der Waals surface area contributed by atoms with Crippen molar-refractivity contribution in [2.75, 3.05) is 5.75 Å². The minimum Gasteiger partial charge on any atom is -0.461 e. The summed E-state index contributed by atoms with van der Waals surface area (Å²) >= 11 is 1.40. The fourth-order valence-electron chi connectivity index (χ4n) is 3.33. The van der Waals surface area contributed by atoms with Gasteiger partial charge in [0.1, 0.15) is 0 Å². The minimum absolute atomic E-state index is 0.0916. The monoisotopic (exact) mass is 398 g/mol. The quantitative estimate of drug-likeness (QED) is 0.545. The van der Waals surface area contributed by atoms with Gasteiger partial charge in [0.05, 0.1) is 17.7 Å². The second-order valence-electron chi connectivity index (χ2n) is 7.18. The molecule has 0 aliphatic rings. The molecule has 3 rings (SSSR count). The molecule has 0 atom stereocenters. The molecule has 0 unspecified atom stereocenters. The zero-order valence-corrected chi connectivity index (χ0v) is 17.7. The first kappa shape index (κ1) is 20.2. The average Bonchev–Trinajstić information content (AvgIpc) is 3.29. The molecule has 148 valence electrons. The highest BCUT2D eigenvalue weighted by Gasteiger charge is 2.23. The Kier molecular flexibility index (Phi) is 6.24. The number of thioether (sulfide) groups is 1. The molecule has 0 spiro atoms. The Hall–Kier alpha value is -2.54. The van der Waals surface area contributed by atoms with Crippen LogP contribution in [0, 0.1) is 6.92 Å². The summed E-state index contributed by atoms with van der Waals surface area (Å²) in [7, 11) is 0. The van der Waals surface area contributed by atoms with Crippen molar-refractivity contribution in [3.05, 3.63) is 48.2 Å². The molecule has 0 aliphatic heterocycles. The summed E-state index contributed by atoms with van der Waals surface area (Å²) < 4.78 is 7.51. The Morgan fingerprint density at radius 1 is 1.11 bits per heavy atom. The number of aryl methyl sites for hydroxylation is 1. The number of amides is 1. The SMILES string of the molecule is Cc1ccccc1-n1c(SCC(=O)N(C(C)C)C(C)C)nnc1-c1ccco1. The lowest BCUT2D eigenvalue weighted by Crippen LogP contribution is -2.43. The molecule has 0 aliphatic carbocycles. The van der Waals surface area contributed by atoms with Crippen LogP contribution in [0.2, 0.25) is 0 Å². The summed E-state index contributed by atoms with van der Waals surface area (Å²) in [6.45, 7) is 10.2. The molecule has 2 aromatic heterocycles. The van der Waals surface area contributed by atoms with E-state index in [-0.39, 0.29) is 18.0 Å². The smallest absolute Gasteiger partial charge is 0.233 e. The van der Waals surface area contributed by atoms with E-state index in [0.29, 0.717) is 22.5 Å². The van der Waals surface area contributed by atoms with E-state index in [9.17, 15) is 4.79 Å². The number of aromatic nitrogens is 3. The Bertz CT molecular complexity index is 924. The van der Waals surface area contributed by atoms with Crippen molar-refractivity contribution >= 4 is 17.7 Å². The van der Waals surface area contributed by atoms with Crippen molar-refractivity contribution in [1.29, 1.82) is 0 Å². The first-order valence-corrected chi connectivity index (χ1v) is 10.4. The molecule has 0 N–H and O–H groups in total. The van der Waals surface area contributed by atoms with Gasteiger partial charge in [0.2, 0.25) is 11.7 Å². The van der Waals surface area contributed by atoms with E-state index in [1.807, 2.05) is 80.5 Å². The lowest BCUT2D eigenvalue weighted by Gasteiger charge is -2.30. The Morgan fingerprint density at radius 2 is 1.82 bits per heavy atom. The lowest BCUT2D eigenvalue weighted by atomic mass is 10.2. The molecule has 1 amide bonds. The summed E-state index contributed by atoms with van der Waals surface area (Å²) in [5.74, 6) is 1.66. The lowest BCUT2D eigenvalue weighted by molar-refractivity contribution is -0.131. The van der Waals surface area contributed by atoms with Crippen LogP contribution in [0.25, 0.3) is 17.3 Å². The number of rotatable bonds is 7. The summed E-state index contributed by atoms with van der Waals surface area (Å²) in [5, 5.41) is 9.37. The molecule has 0 saturated carbocycles. The number of furan rings is 1. The van der Waals surface area contributed by atoms with Crippen LogP contribution < -0.4 is 0 Å². The maximum Gasteiger partial charge on any atom is 0.233 e.